The second kappa shape index (κ2) is 13.2. The van der Waals surface area contributed by atoms with Crippen LogP contribution in [0.3, 0.4) is 0 Å². The van der Waals surface area contributed by atoms with Gasteiger partial charge in [-0.05, 0) is 58.0 Å². The predicted molar refractivity (Wildman–Crippen MR) is 147 cm³/mol. The standard InChI is InChI=1S/C19H16N6O.C8H15NO.C2H6/c1-12-16(10-22-24-12)14-7-18(19-15(8-20)9-23-25(19)11-14)26-13(2)17-5-3-4-6-21-17;1-2-4-9(5-3-1)8-6-10-7-8;1-2/h3-7,9-11,13H,1-2H3,(H,22,24);8H,1-7H2;1-2H3. The quantitative estimate of drug-likeness (QED) is 0.383. The van der Waals surface area contributed by atoms with Crippen molar-refractivity contribution in [3.05, 3.63) is 66.0 Å². The minimum absolute atomic E-state index is 0.276. The van der Waals surface area contributed by atoms with Gasteiger partial charge in [0.2, 0.25) is 0 Å². The highest BCUT2D eigenvalue weighted by Crippen LogP contribution is 2.33. The van der Waals surface area contributed by atoms with Crippen molar-refractivity contribution in [2.75, 3.05) is 26.3 Å². The highest BCUT2D eigenvalue weighted by molar-refractivity contribution is 5.75. The van der Waals surface area contributed by atoms with Crippen LogP contribution in [0.1, 0.15) is 63.1 Å². The molecule has 4 aromatic rings. The van der Waals surface area contributed by atoms with E-state index in [2.05, 4.69) is 31.2 Å². The molecular weight excluding hydrogens is 478 g/mol. The van der Waals surface area contributed by atoms with Gasteiger partial charge in [-0.2, -0.15) is 15.5 Å². The molecular formula is C29H37N7O2. The topological polar surface area (TPSA) is 104 Å². The first-order valence-corrected chi connectivity index (χ1v) is 13.4. The molecule has 0 aromatic carbocycles. The van der Waals surface area contributed by atoms with E-state index in [9.17, 15) is 5.26 Å². The molecule has 0 amide bonds. The largest absolute Gasteiger partial charge is 0.482 e. The van der Waals surface area contributed by atoms with E-state index in [1.165, 1.54) is 32.4 Å². The molecule has 9 heteroatoms. The van der Waals surface area contributed by atoms with Crippen LogP contribution in [-0.4, -0.2) is 62.0 Å². The summed E-state index contributed by atoms with van der Waals surface area (Å²) in [5.41, 5.74) is 4.72. The van der Waals surface area contributed by atoms with Gasteiger partial charge in [0.25, 0.3) is 0 Å². The molecule has 200 valence electrons. The summed E-state index contributed by atoms with van der Waals surface area (Å²) in [5.74, 6) is 0.579. The minimum Gasteiger partial charge on any atom is -0.482 e. The van der Waals surface area contributed by atoms with Crippen molar-refractivity contribution in [3.8, 4) is 22.9 Å². The van der Waals surface area contributed by atoms with Gasteiger partial charge in [0.05, 0.1) is 37.3 Å². The average Bonchev–Trinajstić information content (AvgIpc) is 3.56. The predicted octanol–water partition coefficient (Wildman–Crippen LogP) is 5.34. The molecule has 0 spiro atoms. The molecule has 2 aliphatic rings. The lowest BCUT2D eigenvalue weighted by Gasteiger charge is -2.39. The molecule has 2 saturated heterocycles. The van der Waals surface area contributed by atoms with Crippen molar-refractivity contribution in [1.82, 2.24) is 29.7 Å². The first-order valence-electron chi connectivity index (χ1n) is 13.4. The number of rotatable bonds is 5. The van der Waals surface area contributed by atoms with Crippen LogP contribution in [0.2, 0.25) is 0 Å². The maximum atomic E-state index is 9.41. The average molecular weight is 516 g/mol. The highest BCUT2D eigenvalue weighted by atomic mass is 16.5. The number of aryl methyl sites for hydroxylation is 1. The van der Waals surface area contributed by atoms with Crippen LogP contribution in [0.15, 0.2) is 49.1 Å². The molecule has 4 aromatic heterocycles. The summed E-state index contributed by atoms with van der Waals surface area (Å²) >= 11 is 0. The van der Waals surface area contributed by atoms with E-state index in [1.807, 2.05) is 58.2 Å². The smallest absolute Gasteiger partial charge is 0.148 e. The zero-order chi connectivity index (χ0) is 26.9. The zero-order valence-electron chi connectivity index (χ0n) is 22.7. The van der Waals surface area contributed by atoms with Crippen molar-refractivity contribution in [2.24, 2.45) is 0 Å². The molecule has 1 atom stereocenters. The first kappa shape index (κ1) is 27.3. The summed E-state index contributed by atoms with van der Waals surface area (Å²) in [7, 11) is 0. The van der Waals surface area contributed by atoms with Crippen LogP contribution >= 0.6 is 0 Å². The Morgan fingerprint density at radius 3 is 2.55 bits per heavy atom. The number of aromatic nitrogens is 5. The Labute approximate surface area is 224 Å². The van der Waals surface area contributed by atoms with Gasteiger partial charge >= 0.3 is 0 Å². The molecule has 9 nitrogen and oxygen atoms in total. The number of likely N-dealkylation sites (tertiary alicyclic amines) is 1. The SMILES string of the molecule is C1CCN(C2COC2)CC1.CC.Cc1[nH]ncc1-c1cc(OC(C)c2ccccn2)c2c(C#N)cnn2c1. The molecule has 0 radical (unpaired) electrons. The van der Waals surface area contributed by atoms with Crippen molar-refractivity contribution >= 4 is 5.52 Å². The molecule has 2 fully saturated rings. The fourth-order valence-electron chi connectivity index (χ4n) is 4.63. The lowest BCUT2D eigenvalue weighted by Crippen LogP contribution is -2.50. The maximum absolute atomic E-state index is 9.41. The monoisotopic (exact) mass is 515 g/mol. The Morgan fingerprint density at radius 2 is 1.95 bits per heavy atom. The summed E-state index contributed by atoms with van der Waals surface area (Å²) < 4.78 is 13.0. The second-order valence-electron chi connectivity index (χ2n) is 9.27. The van der Waals surface area contributed by atoms with Gasteiger partial charge in [0.1, 0.15) is 29.0 Å². The van der Waals surface area contributed by atoms with Crippen LogP contribution in [0.25, 0.3) is 16.6 Å². The summed E-state index contributed by atoms with van der Waals surface area (Å²) in [4.78, 5) is 6.92. The summed E-state index contributed by atoms with van der Waals surface area (Å²) in [5, 5.41) is 20.7. The maximum Gasteiger partial charge on any atom is 0.148 e. The Kier molecular flexibility index (Phi) is 9.46. The number of fused-ring (bicyclic) bond motifs is 1. The van der Waals surface area contributed by atoms with Gasteiger partial charge in [0.15, 0.2) is 0 Å². The molecule has 0 bridgehead atoms. The number of hydrogen-bond acceptors (Lipinski definition) is 7. The molecule has 38 heavy (non-hydrogen) atoms. The molecule has 1 N–H and O–H groups in total. The first-order chi connectivity index (χ1) is 18.6. The number of H-pyrrole nitrogens is 1. The lowest BCUT2D eigenvalue weighted by molar-refractivity contribution is -0.0698. The minimum atomic E-state index is -0.276. The number of aromatic amines is 1. The zero-order valence-corrected chi connectivity index (χ0v) is 22.7. The van der Waals surface area contributed by atoms with Gasteiger partial charge in [-0.1, -0.05) is 26.3 Å². The van der Waals surface area contributed by atoms with Gasteiger partial charge in [-0.3, -0.25) is 15.0 Å². The van der Waals surface area contributed by atoms with Gasteiger partial charge < -0.3 is 9.47 Å². The van der Waals surface area contributed by atoms with Crippen molar-refractivity contribution in [3.63, 3.8) is 0 Å². The third-order valence-corrected chi connectivity index (χ3v) is 6.77. The Balaban J connectivity index is 0.000000233. The van der Waals surface area contributed by atoms with Crippen molar-refractivity contribution in [1.29, 1.82) is 5.26 Å². The van der Waals surface area contributed by atoms with Crippen LogP contribution < -0.4 is 4.74 Å². The molecule has 6 heterocycles. The number of hydrogen-bond donors (Lipinski definition) is 1. The molecule has 0 aliphatic carbocycles. The highest BCUT2D eigenvalue weighted by Gasteiger charge is 2.26. The van der Waals surface area contributed by atoms with E-state index in [1.54, 1.807) is 23.1 Å². The lowest BCUT2D eigenvalue weighted by atomic mass is 10.1. The van der Waals surface area contributed by atoms with Crippen LogP contribution in [0, 0.1) is 18.3 Å². The Bertz CT molecular complexity index is 1330. The fraction of sp³-hybridized carbons (Fsp3) is 0.448. The summed E-state index contributed by atoms with van der Waals surface area (Å²) in [6.45, 7) is 12.5. The summed E-state index contributed by atoms with van der Waals surface area (Å²) in [6, 6.07) is 10.6. The summed E-state index contributed by atoms with van der Waals surface area (Å²) in [6.07, 6.45) is 10.9. The second-order valence-corrected chi connectivity index (χ2v) is 9.27. The number of nitriles is 1. The van der Waals surface area contributed by atoms with E-state index in [-0.39, 0.29) is 6.10 Å². The third kappa shape index (κ3) is 6.21. The molecule has 1 unspecified atom stereocenters. The van der Waals surface area contributed by atoms with E-state index >= 15 is 0 Å². The number of ether oxygens (including phenoxy) is 2. The van der Waals surface area contributed by atoms with Crippen LogP contribution in [-0.2, 0) is 4.74 Å². The number of piperidine rings is 1. The fourth-order valence-corrected chi connectivity index (χ4v) is 4.63. The Morgan fingerprint density at radius 1 is 1.16 bits per heavy atom. The van der Waals surface area contributed by atoms with Crippen molar-refractivity contribution < 1.29 is 9.47 Å². The Hall–Kier alpha value is -3.74. The van der Waals surface area contributed by atoms with Crippen LogP contribution in [0.4, 0.5) is 0 Å². The number of nitrogens with zero attached hydrogens (tertiary/aromatic N) is 6. The third-order valence-electron chi connectivity index (χ3n) is 6.77. The number of nitrogens with one attached hydrogen (secondary N) is 1. The molecule has 2 aliphatic heterocycles. The molecule has 0 saturated carbocycles. The van der Waals surface area contributed by atoms with Crippen molar-refractivity contribution in [2.45, 2.75) is 59.1 Å². The normalized spacial score (nSPS) is 16.3. The van der Waals surface area contributed by atoms with Gasteiger partial charge in [-0.25, -0.2) is 4.52 Å². The van der Waals surface area contributed by atoms with E-state index in [0.29, 0.717) is 16.8 Å². The molecule has 6 rings (SSSR count). The van der Waals surface area contributed by atoms with Gasteiger partial charge in [0, 0.05) is 29.2 Å². The van der Waals surface area contributed by atoms with E-state index in [4.69, 9.17) is 9.47 Å². The van der Waals surface area contributed by atoms with Gasteiger partial charge in [-0.15, -0.1) is 0 Å². The van der Waals surface area contributed by atoms with Crippen LogP contribution in [0.5, 0.6) is 5.75 Å². The number of pyridine rings is 2. The van der Waals surface area contributed by atoms with E-state index < -0.39 is 0 Å². The van der Waals surface area contributed by atoms with E-state index in [0.717, 1.165) is 41.8 Å².